The average molecular weight is 319 g/mol. The number of carbonyl (C=O) groups excluding carboxylic acids is 1. The van der Waals surface area contributed by atoms with E-state index in [-0.39, 0.29) is 5.91 Å². The van der Waals surface area contributed by atoms with Crippen LogP contribution in [-0.4, -0.2) is 23.5 Å². The summed E-state index contributed by atoms with van der Waals surface area (Å²) < 4.78 is 0.674. The van der Waals surface area contributed by atoms with Crippen molar-refractivity contribution in [2.75, 3.05) is 11.9 Å². The van der Waals surface area contributed by atoms with Crippen LogP contribution in [0.25, 0.3) is 0 Å². The van der Waals surface area contributed by atoms with Crippen LogP contribution in [0.5, 0.6) is 0 Å². The minimum absolute atomic E-state index is 0.0193. The maximum Gasteiger partial charge on any atom is 0.225 e. The molecule has 4 nitrogen and oxygen atoms in total. The van der Waals surface area contributed by atoms with E-state index < -0.39 is 0 Å². The van der Waals surface area contributed by atoms with Crippen LogP contribution in [-0.2, 0) is 4.79 Å². The Bertz CT molecular complexity index is 423. The smallest absolute Gasteiger partial charge is 0.225 e. The highest BCUT2D eigenvalue weighted by Gasteiger charge is 2.20. The molecule has 1 amide bonds. The molecule has 92 valence electrons. The van der Waals surface area contributed by atoms with E-state index in [1.54, 1.807) is 12.3 Å². The number of amides is 1. The molecule has 2 rings (SSSR count). The number of pyridine rings is 1. The summed E-state index contributed by atoms with van der Waals surface area (Å²) in [6.45, 7) is 0.721. The summed E-state index contributed by atoms with van der Waals surface area (Å²) in [6, 6.07) is 2.37. The first-order valence-electron chi connectivity index (χ1n) is 5.49. The van der Waals surface area contributed by atoms with Crippen molar-refractivity contribution in [2.24, 2.45) is 0 Å². The van der Waals surface area contributed by atoms with Crippen molar-refractivity contribution in [2.45, 2.75) is 25.3 Å². The molecule has 0 radical (unpaired) electrons. The molecule has 1 aliphatic rings. The Balaban J connectivity index is 1.77. The van der Waals surface area contributed by atoms with Gasteiger partial charge in [-0.3, -0.25) is 4.79 Å². The fourth-order valence-electron chi connectivity index (χ4n) is 1.39. The molecule has 17 heavy (non-hydrogen) atoms. The van der Waals surface area contributed by atoms with Gasteiger partial charge in [-0.05, 0) is 34.8 Å². The first-order valence-corrected chi connectivity index (χ1v) is 6.66. The van der Waals surface area contributed by atoms with E-state index >= 15 is 0 Å². The number of halogens is 2. The number of nitrogens with one attached hydrogen (secondary N) is 2. The summed E-state index contributed by atoms with van der Waals surface area (Å²) in [5.74, 6) is -0.0193. The highest BCUT2D eigenvalue weighted by Crippen LogP contribution is 2.23. The predicted molar refractivity (Wildman–Crippen MR) is 71.2 cm³/mol. The molecule has 2 N–H and O–H groups in total. The van der Waals surface area contributed by atoms with Crippen LogP contribution in [0.2, 0.25) is 5.15 Å². The van der Waals surface area contributed by atoms with Gasteiger partial charge in [0.1, 0.15) is 5.15 Å². The number of rotatable bonds is 5. The first-order chi connectivity index (χ1) is 8.15. The van der Waals surface area contributed by atoms with Crippen LogP contribution in [0, 0.1) is 0 Å². The molecule has 1 heterocycles. The highest BCUT2D eigenvalue weighted by molar-refractivity contribution is 9.10. The Morgan fingerprint density at radius 3 is 3.00 bits per heavy atom. The normalized spacial score (nSPS) is 14.7. The quantitative estimate of drug-likeness (QED) is 0.821. The zero-order valence-corrected chi connectivity index (χ0v) is 11.5. The first kappa shape index (κ1) is 12.8. The lowest BCUT2D eigenvalue weighted by Crippen LogP contribution is -2.23. The number of carbonyl (C=O) groups is 1. The summed E-state index contributed by atoms with van der Waals surface area (Å²) in [7, 11) is 0. The van der Waals surface area contributed by atoms with E-state index in [1.807, 2.05) is 0 Å². The van der Waals surface area contributed by atoms with Gasteiger partial charge in [-0.2, -0.15) is 0 Å². The second kappa shape index (κ2) is 5.80. The molecule has 6 heteroatoms. The molecule has 0 atom stereocenters. The van der Waals surface area contributed by atoms with E-state index in [2.05, 4.69) is 31.5 Å². The van der Waals surface area contributed by atoms with Crippen molar-refractivity contribution >= 4 is 39.1 Å². The van der Waals surface area contributed by atoms with Crippen molar-refractivity contribution in [1.29, 1.82) is 0 Å². The van der Waals surface area contributed by atoms with Gasteiger partial charge in [0.05, 0.1) is 16.4 Å². The molecule has 1 saturated carbocycles. The molecule has 0 bridgehead atoms. The molecular formula is C11H13BrClN3O. The van der Waals surface area contributed by atoms with Crippen molar-refractivity contribution in [3.05, 3.63) is 21.9 Å². The second-order valence-electron chi connectivity index (χ2n) is 4.02. The fraction of sp³-hybridized carbons (Fsp3) is 0.455. The van der Waals surface area contributed by atoms with Gasteiger partial charge in [0.15, 0.2) is 0 Å². The molecule has 1 fully saturated rings. The number of hydrogen-bond donors (Lipinski definition) is 2. The van der Waals surface area contributed by atoms with Gasteiger partial charge < -0.3 is 10.6 Å². The van der Waals surface area contributed by atoms with E-state index in [9.17, 15) is 4.79 Å². The fourth-order valence-corrected chi connectivity index (χ4v) is 1.84. The minimum Gasteiger partial charge on any atom is -0.325 e. The minimum atomic E-state index is -0.0193. The monoisotopic (exact) mass is 317 g/mol. The van der Waals surface area contributed by atoms with Crippen LogP contribution >= 0.6 is 27.5 Å². The van der Waals surface area contributed by atoms with Gasteiger partial charge in [-0.1, -0.05) is 11.6 Å². The summed E-state index contributed by atoms with van der Waals surface area (Å²) in [6.07, 6.45) is 4.47. The second-order valence-corrected chi connectivity index (χ2v) is 5.24. The predicted octanol–water partition coefficient (Wildman–Crippen LogP) is 2.58. The van der Waals surface area contributed by atoms with Crippen molar-refractivity contribution in [1.82, 2.24) is 10.3 Å². The highest BCUT2D eigenvalue weighted by atomic mass is 79.9. The number of anilines is 1. The Labute approximate surface area is 113 Å². The Hall–Kier alpha value is -0.650. The lowest BCUT2D eigenvalue weighted by Gasteiger charge is -2.06. The zero-order valence-electron chi connectivity index (χ0n) is 9.17. The third-order valence-electron chi connectivity index (χ3n) is 2.44. The Morgan fingerprint density at radius 1 is 1.59 bits per heavy atom. The van der Waals surface area contributed by atoms with Crippen LogP contribution in [0.3, 0.4) is 0 Å². The molecule has 0 aliphatic heterocycles. The van der Waals surface area contributed by atoms with Crippen LogP contribution in [0.4, 0.5) is 5.69 Å². The third-order valence-corrected chi connectivity index (χ3v) is 3.58. The van der Waals surface area contributed by atoms with Crippen LogP contribution in [0.15, 0.2) is 16.7 Å². The van der Waals surface area contributed by atoms with Crippen LogP contribution < -0.4 is 10.6 Å². The molecule has 1 aromatic rings. The topological polar surface area (TPSA) is 54.0 Å². The molecule has 0 spiro atoms. The maximum atomic E-state index is 11.6. The van der Waals surface area contributed by atoms with Crippen molar-refractivity contribution < 1.29 is 4.79 Å². The number of nitrogens with zero attached hydrogens (tertiary/aromatic N) is 1. The van der Waals surface area contributed by atoms with Crippen LogP contribution in [0.1, 0.15) is 19.3 Å². The lowest BCUT2D eigenvalue weighted by molar-refractivity contribution is -0.116. The molecule has 0 unspecified atom stereocenters. The summed E-state index contributed by atoms with van der Waals surface area (Å²) in [5.41, 5.74) is 0.651. The van der Waals surface area contributed by atoms with E-state index in [4.69, 9.17) is 11.6 Å². The largest absolute Gasteiger partial charge is 0.325 e. The van der Waals surface area contributed by atoms with E-state index in [0.717, 1.165) is 6.54 Å². The molecule has 1 aliphatic carbocycles. The zero-order chi connectivity index (χ0) is 12.3. The van der Waals surface area contributed by atoms with Gasteiger partial charge in [0.25, 0.3) is 0 Å². The van der Waals surface area contributed by atoms with Crippen molar-refractivity contribution in [3.63, 3.8) is 0 Å². The Morgan fingerprint density at radius 2 is 2.35 bits per heavy atom. The summed E-state index contributed by atoms with van der Waals surface area (Å²) in [5, 5.41) is 6.45. The van der Waals surface area contributed by atoms with Gasteiger partial charge in [0, 0.05) is 19.0 Å². The standard InChI is InChI=1S/C11H13BrClN3O/c12-9-5-8(6-15-11(9)13)16-10(17)3-4-14-7-1-2-7/h5-7,14H,1-4H2,(H,16,17). The maximum absolute atomic E-state index is 11.6. The van der Waals surface area contributed by atoms with Gasteiger partial charge in [-0.25, -0.2) is 4.98 Å². The van der Waals surface area contributed by atoms with Gasteiger partial charge >= 0.3 is 0 Å². The summed E-state index contributed by atoms with van der Waals surface area (Å²) >= 11 is 9.02. The molecule has 0 saturated heterocycles. The van der Waals surface area contributed by atoms with E-state index in [1.165, 1.54) is 12.8 Å². The molecular weight excluding hydrogens is 305 g/mol. The Kier molecular flexibility index (Phi) is 4.36. The van der Waals surface area contributed by atoms with Gasteiger partial charge in [0.2, 0.25) is 5.91 Å². The van der Waals surface area contributed by atoms with E-state index in [0.29, 0.717) is 27.8 Å². The van der Waals surface area contributed by atoms with Gasteiger partial charge in [-0.15, -0.1) is 0 Å². The average Bonchev–Trinajstić information content (AvgIpc) is 3.07. The third kappa shape index (κ3) is 4.26. The molecule has 0 aromatic carbocycles. The van der Waals surface area contributed by atoms with Crippen molar-refractivity contribution in [3.8, 4) is 0 Å². The number of aromatic nitrogens is 1. The lowest BCUT2D eigenvalue weighted by atomic mass is 10.3. The summed E-state index contributed by atoms with van der Waals surface area (Å²) in [4.78, 5) is 15.5. The SMILES string of the molecule is O=C(CCNC1CC1)Nc1cnc(Cl)c(Br)c1. The molecule has 1 aromatic heterocycles. The number of hydrogen-bond acceptors (Lipinski definition) is 3.